The fourth-order valence-corrected chi connectivity index (χ4v) is 3.23. The summed E-state index contributed by atoms with van der Waals surface area (Å²) in [4.78, 5) is 26.4. The molecule has 4 nitrogen and oxygen atoms in total. The van der Waals surface area contributed by atoms with Crippen LogP contribution in [0.1, 0.15) is 37.3 Å². The molecule has 0 atom stereocenters. The predicted octanol–water partition coefficient (Wildman–Crippen LogP) is 4.28. The van der Waals surface area contributed by atoms with Crippen molar-refractivity contribution in [1.29, 1.82) is 0 Å². The van der Waals surface area contributed by atoms with Crippen LogP contribution in [0, 0.1) is 0 Å². The number of hydrogen-bond donors (Lipinski definition) is 1. The molecule has 1 saturated heterocycles. The van der Waals surface area contributed by atoms with E-state index < -0.39 is 0 Å². The number of carbonyl (C=O) groups excluding carboxylic acids is 2. The highest BCUT2D eigenvalue weighted by Crippen LogP contribution is 2.15. The van der Waals surface area contributed by atoms with E-state index >= 15 is 0 Å². The van der Waals surface area contributed by atoms with Gasteiger partial charge >= 0.3 is 0 Å². The predicted molar refractivity (Wildman–Crippen MR) is 109 cm³/mol. The zero-order valence-corrected chi connectivity index (χ0v) is 15.8. The molecule has 3 rings (SSSR count). The van der Waals surface area contributed by atoms with Gasteiger partial charge in [0.15, 0.2) is 0 Å². The van der Waals surface area contributed by atoms with Crippen LogP contribution in [0.15, 0.2) is 60.2 Å². The van der Waals surface area contributed by atoms with Crippen LogP contribution in [0.5, 0.6) is 0 Å². The van der Waals surface area contributed by atoms with Gasteiger partial charge < -0.3 is 10.2 Å². The third-order valence-electron chi connectivity index (χ3n) is 4.84. The minimum atomic E-state index is -0.115. The Morgan fingerprint density at radius 1 is 1.00 bits per heavy atom. The average molecular weight is 362 g/mol. The third-order valence-corrected chi connectivity index (χ3v) is 4.84. The van der Waals surface area contributed by atoms with E-state index in [1.807, 2.05) is 65.6 Å². The standard InChI is InChI=1S/C23H26N2O2/c1-18(17-20-7-3-2-4-8-20)23(27)24-21-12-9-19(10-13-21)11-14-22(26)25-15-5-6-16-25/h2-4,7-10,12-13,17H,5-6,11,14-16H2,1H3,(H,24,27)/b18-17+. The van der Waals surface area contributed by atoms with Gasteiger partial charge in [0.05, 0.1) is 0 Å². The topological polar surface area (TPSA) is 49.4 Å². The van der Waals surface area contributed by atoms with E-state index in [2.05, 4.69) is 5.32 Å². The molecule has 0 aliphatic carbocycles. The van der Waals surface area contributed by atoms with Crippen LogP contribution >= 0.6 is 0 Å². The Morgan fingerprint density at radius 2 is 1.67 bits per heavy atom. The number of rotatable bonds is 6. The van der Waals surface area contributed by atoms with Crippen molar-refractivity contribution in [2.75, 3.05) is 18.4 Å². The summed E-state index contributed by atoms with van der Waals surface area (Å²) in [6.07, 6.45) is 5.39. The summed E-state index contributed by atoms with van der Waals surface area (Å²) in [7, 11) is 0. The van der Waals surface area contributed by atoms with E-state index in [-0.39, 0.29) is 11.8 Å². The summed E-state index contributed by atoms with van der Waals surface area (Å²) in [5, 5.41) is 2.92. The van der Waals surface area contributed by atoms with Gasteiger partial charge in [-0.15, -0.1) is 0 Å². The molecule has 0 unspecified atom stereocenters. The van der Waals surface area contributed by atoms with Gasteiger partial charge in [0.1, 0.15) is 0 Å². The summed E-state index contributed by atoms with van der Waals surface area (Å²) in [6, 6.07) is 17.5. The lowest BCUT2D eigenvalue weighted by atomic mass is 10.1. The van der Waals surface area contributed by atoms with Crippen molar-refractivity contribution in [3.8, 4) is 0 Å². The summed E-state index contributed by atoms with van der Waals surface area (Å²) in [5.74, 6) is 0.127. The lowest BCUT2D eigenvalue weighted by molar-refractivity contribution is -0.130. The first-order valence-corrected chi connectivity index (χ1v) is 9.53. The van der Waals surface area contributed by atoms with Gasteiger partial charge in [-0.3, -0.25) is 9.59 Å². The van der Waals surface area contributed by atoms with Gasteiger partial charge in [0, 0.05) is 30.8 Å². The second-order valence-corrected chi connectivity index (χ2v) is 6.98. The maximum atomic E-state index is 12.3. The Balaban J connectivity index is 1.51. The van der Waals surface area contributed by atoms with E-state index in [1.165, 1.54) is 0 Å². The van der Waals surface area contributed by atoms with Gasteiger partial charge in [-0.25, -0.2) is 0 Å². The molecule has 4 heteroatoms. The van der Waals surface area contributed by atoms with Crippen molar-refractivity contribution < 1.29 is 9.59 Å². The van der Waals surface area contributed by atoms with Gasteiger partial charge in [-0.2, -0.15) is 0 Å². The summed E-state index contributed by atoms with van der Waals surface area (Å²) < 4.78 is 0. The van der Waals surface area contributed by atoms with Crippen molar-refractivity contribution >= 4 is 23.6 Å². The van der Waals surface area contributed by atoms with E-state index in [1.54, 1.807) is 6.92 Å². The maximum Gasteiger partial charge on any atom is 0.251 e. The Morgan fingerprint density at radius 3 is 2.33 bits per heavy atom. The smallest absolute Gasteiger partial charge is 0.251 e. The van der Waals surface area contributed by atoms with Crippen molar-refractivity contribution in [2.24, 2.45) is 0 Å². The lowest BCUT2D eigenvalue weighted by Gasteiger charge is -2.15. The van der Waals surface area contributed by atoms with Crippen LogP contribution in [0.25, 0.3) is 6.08 Å². The molecule has 0 aromatic heterocycles. The van der Waals surface area contributed by atoms with Crippen molar-refractivity contribution in [3.05, 3.63) is 71.3 Å². The molecule has 0 spiro atoms. The minimum Gasteiger partial charge on any atom is -0.343 e. The third kappa shape index (κ3) is 5.55. The summed E-state index contributed by atoms with van der Waals surface area (Å²) >= 11 is 0. The fourth-order valence-electron chi connectivity index (χ4n) is 3.23. The van der Waals surface area contributed by atoms with Crippen LogP contribution in [0.2, 0.25) is 0 Å². The van der Waals surface area contributed by atoms with Crippen LogP contribution in [0.3, 0.4) is 0 Å². The molecule has 0 saturated carbocycles. The molecule has 1 aliphatic rings. The van der Waals surface area contributed by atoms with Gasteiger partial charge in [0.2, 0.25) is 5.91 Å². The first kappa shape index (κ1) is 18.9. The van der Waals surface area contributed by atoms with Crippen molar-refractivity contribution in [1.82, 2.24) is 4.90 Å². The highest BCUT2D eigenvalue weighted by Gasteiger charge is 2.17. The van der Waals surface area contributed by atoms with Crippen LogP contribution < -0.4 is 5.32 Å². The molecule has 1 N–H and O–H groups in total. The highest BCUT2D eigenvalue weighted by molar-refractivity contribution is 6.06. The molecule has 2 amide bonds. The molecule has 1 heterocycles. The molecular formula is C23H26N2O2. The number of amides is 2. The molecule has 0 radical (unpaired) electrons. The monoisotopic (exact) mass is 362 g/mol. The normalized spacial score (nSPS) is 14.3. The Labute approximate surface area is 160 Å². The highest BCUT2D eigenvalue weighted by atomic mass is 16.2. The van der Waals surface area contributed by atoms with Gasteiger partial charge in [-0.05, 0) is 55.5 Å². The van der Waals surface area contributed by atoms with E-state index in [9.17, 15) is 9.59 Å². The van der Waals surface area contributed by atoms with E-state index in [0.717, 1.165) is 49.2 Å². The van der Waals surface area contributed by atoms with E-state index in [0.29, 0.717) is 12.0 Å². The van der Waals surface area contributed by atoms with Crippen LogP contribution in [-0.2, 0) is 16.0 Å². The lowest BCUT2D eigenvalue weighted by Crippen LogP contribution is -2.27. The second-order valence-electron chi connectivity index (χ2n) is 6.98. The Bertz CT molecular complexity index is 804. The summed E-state index contributed by atoms with van der Waals surface area (Å²) in [6.45, 7) is 3.61. The molecular weight excluding hydrogens is 336 g/mol. The molecule has 1 fully saturated rings. The molecule has 27 heavy (non-hydrogen) atoms. The average Bonchev–Trinajstić information content (AvgIpc) is 3.23. The number of anilines is 1. The molecule has 1 aliphatic heterocycles. The molecule has 0 bridgehead atoms. The molecule has 2 aromatic carbocycles. The number of likely N-dealkylation sites (tertiary alicyclic amines) is 1. The maximum absolute atomic E-state index is 12.3. The number of nitrogens with zero attached hydrogens (tertiary/aromatic N) is 1. The van der Waals surface area contributed by atoms with Crippen molar-refractivity contribution in [3.63, 3.8) is 0 Å². The van der Waals surface area contributed by atoms with Crippen molar-refractivity contribution in [2.45, 2.75) is 32.6 Å². The summed E-state index contributed by atoms with van der Waals surface area (Å²) in [5.41, 5.74) is 3.53. The zero-order chi connectivity index (χ0) is 19.1. The van der Waals surface area contributed by atoms with Gasteiger partial charge in [-0.1, -0.05) is 42.5 Å². The SMILES string of the molecule is C/C(=C\c1ccccc1)C(=O)Nc1ccc(CCC(=O)N2CCCC2)cc1. The fraction of sp³-hybridized carbons (Fsp3) is 0.304. The van der Waals surface area contributed by atoms with Gasteiger partial charge in [0.25, 0.3) is 5.91 Å². The van der Waals surface area contributed by atoms with Crippen LogP contribution in [-0.4, -0.2) is 29.8 Å². The zero-order valence-electron chi connectivity index (χ0n) is 15.8. The molecule has 140 valence electrons. The quantitative estimate of drug-likeness (QED) is 0.780. The first-order valence-electron chi connectivity index (χ1n) is 9.53. The largest absolute Gasteiger partial charge is 0.343 e. The molecule has 2 aromatic rings. The number of aryl methyl sites for hydroxylation is 1. The number of nitrogens with one attached hydrogen (secondary N) is 1. The number of carbonyl (C=O) groups is 2. The Hall–Kier alpha value is -2.88. The first-order chi connectivity index (χ1) is 13.1. The van der Waals surface area contributed by atoms with Crippen LogP contribution in [0.4, 0.5) is 5.69 Å². The minimum absolute atomic E-state index is 0.115. The van der Waals surface area contributed by atoms with E-state index in [4.69, 9.17) is 0 Å². The number of hydrogen-bond acceptors (Lipinski definition) is 2. The Kier molecular flexibility index (Phi) is 6.42. The number of benzene rings is 2. The second kappa shape index (κ2) is 9.17.